The van der Waals surface area contributed by atoms with E-state index in [0.717, 1.165) is 43.8 Å². The first-order valence-corrected chi connectivity index (χ1v) is 12.6. The van der Waals surface area contributed by atoms with Gasteiger partial charge in [0.15, 0.2) is 0 Å². The van der Waals surface area contributed by atoms with E-state index in [-0.39, 0.29) is 17.1 Å². The molecule has 2 aliphatic heterocycles. The number of fused-ring (bicyclic) bond motifs is 20. The molecule has 2 aromatic carbocycles. The summed E-state index contributed by atoms with van der Waals surface area (Å²) in [6.07, 6.45) is 6.93. The van der Waals surface area contributed by atoms with Gasteiger partial charge in [0.2, 0.25) is 0 Å². The van der Waals surface area contributed by atoms with Crippen molar-refractivity contribution in [3.05, 3.63) is 85.5 Å². The number of pyridine rings is 2. The van der Waals surface area contributed by atoms with Crippen LogP contribution in [0, 0.1) is 0 Å². The van der Waals surface area contributed by atoms with Crippen LogP contribution in [0.3, 0.4) is 0 Å². The van der Waals surface area contributed by atoms with Crippen LogP contribution in [0.2, 0.25) is 0 Å². The fourth-order valence-electron chi connectivity index (χ4n) is 5.25. The Kier molecular flexibility index (Phi) is 5.05. The molecule has 0 fully saturated rings. The Morgan fingerprint density at radius 3 is 1.10 bits per heavy atom. The minimum atomic E-state index is 0. The molecule has 2 aliphatic rings. The van der Waals surface area contributed by atoms with Crippen LogP contribution in [0.4, 0.5) is 0 Å². The Morgan fingerprint density at radius 2 is 0.732 bits per heavy atom. The van der Waals surface area contributed by atoms with Gasteiger partial charge in [-0.15, -0.1) is 0 Å². The van der Waals surface area contributed by atoms with Crippen molar-refractivity contribution in [3.8, 4) is 45.6 Å². The van der Waals surface area contributed by atoms with Crippen molar-refractivity contribution in [1.29, 1.82) is 0 Å². The molecular weight excluding hydrogens is 564 g/mol. The normalized spacial score (nSPS) is 11.7. The maximum absolute atomic E-state index is 4.91. The Morgan fingerprint density at radius 1 is 0.390 bits per heavy atom. The van der Waals surface area contributed by atoms with Crippen LogP contribution < -0.4 is 9.97 Å². The first-order valence-electron chi connectivity index (χ1n) is 12.6. The molecule has 10 nitrogen and oxygen atoms in total. The van der Waals surface area contributed by atoms with Gasteiger partial charge in [0.05, 0.1) is 23.3 Å². The fraction of sp³-hybridized carbons (Fsp3) is 0. The van der Waals surface area contributed by atoms with Crippen molar-refractivity contribution >= 4 is 44.1 Å². The number of benzene rings is 2. The molecule has 0 N–H and O–H groups in total. The third-order valence-electron chi connectivity index (χ3n) is 7.12. The molecule has 0 atom stereocenters. The quantitative estimate of drug-likeness (QED) is 0.229. The van der Waals surface area contributed by atoms with Crippen LogP contribution in [-0.4, -0.2) is 39.9 Å². The second kappa shape index (κ2) is 8.82. The Bertz CT molecular complexity index is 2040. The zero-order valence-electron chi connectivity index (χ0n) is 20.9. The minimum Gasteiger partial charge on any atom is -0.357 e. The van der Waals surface area contributed by atoms with Crippen molar-refractivity contribution in [2.45, 2.75) is 0 Å². The molecule has 0 unspecified atom stereocenters. The molecule has 0 saturated carbocycles. The van der Waals surface area contributed by atoms with Gasteiger partial charge in [-0.05, 0) is 33.7 Å². The maximum atomic E-state index is 4.91. The van der Waals surface area contributed by atoms with Crippen molar-refractivity contribution in [3.63, 3.8) is 0 Å². The first kappa shape index (κ1) is 23.5. The SMILES string of the molecule is [Cu+2].c1ccc2c3nc4nc(nc5[n-]c(nc6nc(nc([n-]3)c2c1)-c1ccncc1-6)c1ccccc51)-c1ccncc1-4. The number of rotatable bonds is 0. The van der Waals surface area contributed by atoms with Crippen LogP contribution >= 0.6 is 0 Å². The van der Waals surface area contributed by atoms with Gasteiger partial charge in [0.1, 0.15) is 0 Å². The largest absolute Gasteiger partial charge is 2.00 e. The van der Waals surface area contributed by atoms with Gasteiger partial charge in [-0.25, -0.2) is 9.97 Å². The topological polar surface area (TPSA) is 131 Å². The smallest absolute Gasteiger partial charge is 0.357 e. The summed E-state index contributed by atoms with van der Waals surface area (Å²) in [6.45, 7) is 0. The van der Waals surface area contributed by atoms with E-state index in [0.29, 0.717) is 45.9 Å². The molecule has 195 valence electrons. The third kappa shape index (κ3) is 3.50. The van der Waals surface area contributed by atoms with E-state index in [9.17, 15) is 0 Å². The summed E-state index contributed by atoms with van der Waals surface area (Å²) in [7, 11) is 0. The summed E-state index contributed by atoms with van der Waals surface area (Å²) < 4.78 is 0. The van der Waals surface area contributed by atoms with E-state index in [1.165, 1.54) is 0 Å². The van der Waals surface area contributed by atoms with Crippen LogP contribution in [0.15, 0.2) is 85.5 Å². The van der Waals surface area contributed by atoms with Gasteiger partial charge in [0, 0.05) is 69.6 Å². The predicted molar refractivity (Wildman–Crippen MR) is 150 cm³/mol. The molecule has 7 heterocycles. The zero-order chi connectivity index (χ0) is 26.2. The first-order chi connectivity index (χ1) is 19.8. The number of hydrogen-bond acceptors (Lipinski definition) is 8. The number of hydrogen-bond donors (Lipinski definition) is 0. The molecule has 5 aromatic heterocycles. The molecule has 0 saturated heterocycles. The summed E-state index contributed by atoms with van der Waals surface area (Å²) in [6, 6.07) is 19.5. The summed E-state index contributed by atoms with van der Waals surface area (Å²) in [4.78, 5) is 47.6. The van der Waals surface area contributed by atoms with E-state index >= 15 is 0 Å². The summed E-state index contributed by atoms with van der Waals surface area (Å²) in [5.74, 6) is 1.97. The Labute approximate surface area is 241 Å². The van der Waals surface area contributed by atoms with Crippen LogP contribution in [-0.2, 0) is 17.1 Å². The molecule has 41 heavy (non-hydrogen) atoms. The van der Waals surface area contributed by atoms with Crippen molar-refractivity contribution in [2.24, 2.45) is 0 Å². The van der Waals surface area contributed by atoms with E-state index in [2.05, 4.69) is 9.97 Å². The van der Waals surface area contributed by atoms with E-state index in [1.54, 1.807) is 24.8 Å². The van der Waals surface area contributed by atoms with Crippen molar-refractivity contribution < 1.29 is 17.1 Å². The summed E-state index contributed by atoms with van der Waals surface area (Å²) in [5.41, 5.74) is 5.25. The van der Waals surface area contributed by atoms with Crippen molar-refractivity contribution in [1.82, 2.24) is 49.8 Å². The average Bonchev–Trinajstić information content (AvgIpc) is 3.73. The van der Waals surface area contributed by atoms with Gasteiger partial charge in [-0.3, -0.25) is 9.97 Å². The fourth-order valence-corrected chi connectivity index (χ4v) is 5.25. The Balaban J connectivity index is 0.00000256. The van der Waals surface area contributed by atoms with Crippen LogP contribution in [0.1, 0.15) is 0 Å². The van der Waals surface area contributed by atoms with E-state index in [4.69, 9.17) is 39.9 Å². The van der Waals surface area contributed by atoms with Gasteiger partial charge in [-0.1, -0.05) is 48.5 Å². The molecule has 7 aromatic rings. The monoisotopic (exact) mass is 577 g/mol. The predicted octanol–water partition coefficient (Wildman–Crippen LogP) is 4.91. The zero-order valence-corrected chi connectivity index (χ0v) is 21.8. The summed E-state index contributed by atoms with van der Waals surface area (Å²) in [5, 5.41) is 3.45. The standard InChI is InChI=1S/C30H14N10.Cu/c1-3-7-17-15(5-1)23-33-25(17)37-29-22-14-32-12-10-20(22)28(40-29)36-24-16-6-2-4-8-18(16)26(34-24)38-30-21-13-31-11-9-19(21)27(35-23)39-30;/h1-14H;/q-2;+2. The maximum Gasteiger partial charge on any atom is 2.00 e. The van der Waals surface area contributed by atoms with E-state index in [1.807, 2.05) is 60.7 Å². The second-order valence-corrected chi connectivity index (χ2v) is 9.42. The Hall–Kier alpha value is -5.38. The molecule has 0 amide bonds. The molecule has 0 spiro atoms. The van der Waals surface area contributed by atoms with Gasteiger partial charge < -0.3 is 29.9 Å². The summed E-state index contributed by atoms with van der Waals surface area (Å²) >= 11 is 0. The second-order valence-electron chi connectivity index (χ2n) is 9.42. The molecule has 8 bridgehead atoms. The molecular formula is C30H14CuN10. The van der Waals surface area contributed by atoms with Gasteiger partial charge in [0.25, 0.3) is 0 Å². The van der Waals surface area contributed by atoms with Crippen LogP contribution in [0.25, 0.3) is 89.7 Å². The number of aromatic nitrogens is 10. The third-order valence-corrected chi connectivity index (χ3v) is 7.12. The molecule has 0 aliphatic carbocycles. The van der Waals surface area contributed by atoms with Gasteiger partial charge >= 0.3 is 17.1 Å². The van der Waals surface area contributed by atoms with Gasteiger partial charge in [-0.2, -0.15) is 0 Å². The molecule has 1 radical (unpaired) electrons. The molecule has 9 rings (SSSR count). The van der Waals surface area contributed by atoms with E-state index < -0.39 is 0 Å². The van der Waals surface area contributed by atoms with Crippen LogP contribution in [0.5, 0.6) is 0 Å². The number of nitrogens with zero attached hydrogens (tertiary/aromatic N) is 10. The molecule has 11 heteroatoms. The average molecular weight is 578 g/mol. The van der Waals surface area contributed by atoms with Crippen molar-refractivity contribution in [2.75, 3.05) is 0 Å². The minimum absolute atomic E-state index is 0.